The maximum atomic E-state index is 5.95. The van der Waals surface area contributed by atoms with Gasteiger partial charge in [0, 0.05) is 19.2 Å². The van der Waals surface area contributed by atoms with Crippen LogP contribution in [-0.2, 0) is 15.9 Å². The fourth-order valence-corrected chi connectivity index (χ4v) is 3.33. The lowest BCUT2D eigenvalue weighted by Crippen LogP contribution is -2.45. The number of nitrogens with one attached hydrogen (secondary N) is 1. The summed E-state index contributed by atoms with van der Waals surface area (Å²) in [6.07, 6.45) is 3.40. The Kier molecular flexibility index (Phi) is 4.11. The van der Waals surface area contributed by atoms with Crippen molar-refractivity contribution >= 4 is 0 Å². The molecule has 1 aromatic rings. The first-order valence-corrected chi connectivity index (χ1v) is 7.71. The Morgan fingerprint density at radius 3 is 2.95 bits per heavy atom. The predicted molar refractivity (Wildman–Crippen MR) is 79.9 cm³/mol. The molecular formula is C17H25NO2. The van der Waals surface area contributed by atoms with Crippen molar-refractivity contribution in [2.45, 2.75) is 50.9 Å². The lowest BCUT2D eigenvalue weighted by Gasteiger charge is -2.37. The summed E-state index contributed by atoms with van der Waals surface area (Å²) in [5, 5.41) is 3.68. The van der Waals surface area contributed by atoms with E-state index in [-0.39, 0.29) is 11.7 Å². The van der Waals surface area contributed by atoms with Crippen LogP contribution in [0, 0.1) is 0 Å². The Morgan fingerprint density at radius 1 is 1.25 bits per heavy atom. The van der Waals surface area contributed by atoms with Crippen molar-refractivity contribution in [1.82, 2.24) is 5.32 Å². The minimum Gasteiger partial charge on any atom is -0.375 e. The maximum absolute atomic E-state index is 5.95. The standard InChI is InChI=1S/C17H25NO2/c1-17(2)11-14(8-10-20-17)18-12-16-15-6-4-3-5-13(15)7-9-19-16/h3-6,14,16,18H,7-12H2,1-2H3. The molecule has 0 amide bonds. The maximum Gasteiger partial charge on any atom is 0.0952 e. The van der Waals surface area contributed by atoms with E-state index >= 15 is 0 Å². The molecule has 0 radical (unpaired) electrons. The Balaban J connectivity index is 1.59. The molecular weight excluding hydrogens is 250 g/mol. The molecule has 0 spiro atoms. The predicted octanol–water partition coefficient (Wildman–Crippen LogP) is 2.85. The van der Waals surface area contributed by atoms with Crippen LogP contribution in [0.2, 0.25) is 0 Å². The van der Waals surface area contributed by atoms with Crippen LogP contribution in [0.5, 0.6) is 0 Å². The highest BCUT2D eigenvalue weighted by Crippen LogP contribution is 2.28. The number of fused-ring (bicyclic) bond motifs is 1. The first kappa shape index (κ1) is 14.1. The molecule has 3 heteroatoms. The van der Waals surface area contributed by atoms with E-state index in [0.29, 0.717) is 6.04 Å². The van der Waals surface area contributed by atoms with E-state index in [1.165, 1.54) is 11.1 Å². The summed E-state index contributed by atoms with van der Waals surface area (Å²) < 4.78 is 11.7. The summed E-state index contributed by atoms with van der Waals surface area (Å²) in [6, 6.07) is 9.20. The van der Waals surface area contributed by atoms with Gasteiger partial charge in [0.1, 0.15) is 0 Å². The molecule has 2 aliphatic heterocycles. The number of benzene rings is 1. The second kappa shape index (κ2) is 5.84. The van der Waals surface area contributed by atoms with Gasteiger partial charge in [-0.05, 0) is 44.2 Å². The summed E-state index contributed by atoms with van der Waals surface area (Å²) >= 11 is 0. The summed E-state index contributed by atoms with van der Waals surface area (Å²) in [5.41, 5.74) is 2.80. The lowest BCUT2D eigenvalue weighted by atomic mass is 9.93. The quantitative estimate of drug-likeness (QED) is 0.920. The Morgan fingerprint density at radius 2 is 2.10 bits per heavy atom. The number of ether oxygens (including phenoxy) is 2. The van der Waals surface area contributed by atoms with Gasteiger partial charge in [-0.1, -0.05) is 24.3 Å². The van der Waals surface area contributed by atoms with Gasteiger partial charge in [0.15, 0.2) is 0 Å². The Bertz CT molecular complexity index is 458. The Hall–Kier alpha value is -0.900. The van der Waals surface area contributed by atoms with E-state index in [0.717, 1.165) is 39.0 Å². The molecule has 2 unspecified atom stereocenters. The molecule has 2 heterocycles. The summed E-state index contributed by atoms with van der Waals surface area (Å²) in [6.45, 7) is 6.94. The molecule has 0 aliphatic carbocycles. The largest absolute Gasteiger partial charge is 0.375 e. The molecule has 0 saturated carbocycles. The number of hydrogen-bond acceptors (Lipinski definition) is 3. The van der Waals surface area contributed by atoms with E-state index < -0.39 is 0 Å². The van der Waals surface area contributed by atoms with E-state index in [1.54, 1.807) is 0 Å². The molecule has 3 nitrogen and oxygen atoms in total. The fraction of sp³-hybridized carbons (Fsp3) is 0.647. The van der Waals surface area contributed by atoms with Crippen molar-refractivity contribution in [1.29, 1.82) is 0 Å². The van der Waals surface area contributed by atoms with Gasteiger partial charge in [-0.2, -0.15) is 0 Å². The second-order valence-corrected chi connectivity index (χ2v) is 6.51. The van der Waals surface area contributed by atoms with Crippen molar-refractivity contribution in [2.75, 3.05) is 19.8 Å². The molecule has 2 atom stereocenters. The molecule has 1 aromatic carbocycles. The summed E-state index contributed by atoms with van der Waals surface area (Å²) in [4.78, 5) is 0. The van der Waals surface area contributed by atoms with Crippen molar-refractivity contribution in [2.24, 2.45) is 0 Å². The third kappa shape index (κ3) is 3.22. The zero-order chi connectivity index (χ0) is 14.0. The molecule has 20 heavy (non-hydrogen) atoms. The van der Waals surface area contributed by atoms with Crippen molar-refractivity contribution in [3.8, 4) is 0 Å². The van der Waals surface area contributed by atoms with Crippen LogP contribution >= 0.6 is 0 Å². The van der Waals surface area contributed by atoms with Crippen LogP contribution in [0.25, 0.3) is 0 Å². The van der Waals surface area contributed by atoms with Gasteiger partial charge in [0.25, 0.3) is 0 Å². The third-order valence-corrected chi connectivity index (χ3v) is 4.38. The van der Waals surface area contributed by atoms with E-state index in [1.807, 2.05) is 0 Å². The smallest absolute Gasteiger partial charge is 0.0952 e. The minimum absolute atomic E-state index is 0.00124. The molecule has 2 aliphatic rings. The van der Waals surface area contributed by atoms with Crippen LogP contribution in [-0.4, -0.2) is 31.4 Å². The Labute approximate surface area is 121 Å². The third-order valence-electron chi connectivity index (χ3n) is 4.38. The van der Waals surface area contributed by atoms with Crippen molar-refractivity contribution in [3.05, 3.63) is 35.4 Å². The molecule has 1 N–H and O–H groups in total. The average molecular weight is 275 g/mol. The SMILES string of the molecule is CC1(C)CC(NCC2OCCc3ccccc32)CCO1. The topological polar surface area (TPSA) is 30.5 Å². The molecule has 110 valence electrons. The van der Waals surface area contributed by atoms with Crippen LogP contribution in [0.1, 0.15) is 43.9 Å². The molecule has 1 saturated heterocycles. The first-order chi connectivity index (χ1) is 9.64. The van der Waals surface area contributed by atoms with Crippen molar-refractivity contribution in [3.63, 3.8) is 0 Å². The monoisotopic (exact) mass is 275 g/mol. The minimum atomic E-state index is 0.00124. The van der Waals surface area contributed by atoms with Crippen LogP contribution in [0.15, 0.2) is 24.3 Å². The highest BCUT2D eigenvalue weighted by molar-refractivity contribution is 5.31. The second-order valence-electron chi connectivity index (χ2n) is 6.51. The summed E-state index contributed by atoms with van der Waals surface area (Å²) in [7, 11) is 0. The highest BCUT2D eigenvalue weighted by atomic mass is 16.5. The van der Waals surface area contributed by atoms with Gasteiger partial charge >= 0.3 is 0 Å². The van der Waals surface area contributed by atoms with Crippen molar-refractivity contribution < 1.29 is 9.47 Å². The van der Waals surface area contributed by atoms with E-state index in [9.17, 15) is 0 Å². The van der Waals surface area contributed by atoms with Gasteiger partial charge in [-0.25, -0.2) is 0 Å². The summed E-state index contributed by atoms with van der Waals surface area (Å²) in [5.74, 6) is 0. The molecule has 0 aromatic heterocycles. The highest BCUT2D eigenvalue weighted by Gasteiger charge is 2.29. The zero-order valence-corrected chi connectivity index (χ0v) is 12.5. The van der Waals surface area contributed by atoms with Crippen LogP contribution in [0.4, 0.5) is 0 Å². The fourth-order valence-electron chi connectivity index (χ4n) is 3.33. The van der Waals surface area contributed by atoms with Gasteiger partial charge in [0.2, 0.25) is 0 Å². The molecule has 0 bridgehead atoms. The van der Waals surface area contributed by atoms with Gasteiger partial charge < -0.3 is 14.8 Å². The molecule has 1 fully saturated rings. The van der Waals surface area contributed by atoms with Gasteiger partial charge in [0.05, 0.1) is 18.3 Å². The van der Waals surface area contributed by atoms with Gasteiger partial charge in [-0.3, -0.25) is 0 Å². The first-order valence-electron chi connectivity index (χ1n) is 7.71. The zero-order valence-electron chi connectivity index (χ0n) is 12.5. The molecule has 3 rings (SSSR count). The van der Waals surface area contributed by atoms with E-state index in [2.05, 4.69) is 43.4 Å². The van der Waals surface area contributed by atoms with Gasteiger partial charge in [-0.15, -0.1) is 0 Å². The lowest BCUT2D eigenvalue weighted by molar-refractivity contribution is -0.0650. The van der Waals surface area contributed by atoms with E-state index in [4.69, 9.17) is 9.47 Å². The average Bonchev–Trinajstić information content (AvgIpc) is 2.44. The normalized spacial score (nSPS) is 28.9. The van der Waals surface area contributed by atoms with Crippen LogP contribution in [0.3, 0.4) is 0 Å². The van der Waals surface area contributed by atoms with Crippen LogP contribution < -0.4 is 5.32 Å². The number of rotatable bonds is 3. The number of hydrogen-bond donors (Lipinski definition) is 1.